The van der Waals surface area contributed by atoms with E-state index >= 15 is 0 Å². The van der Waals surface area contributed by atoms with Gasteiger partial charge in [0.2, 0.25) is 5.90 Å². The van der Waals surface area contributed by atoms with Crippen LogP contribution in [0.3, 0.4) is 0 Å². The summed E-state index contributed by atoms with van der Waals surface area (Å²) in [4.78, 5) is 82.1. The van der Waals surface area contributed by atoms with Crippen LogP contribution in [0.1, 0.15) is 39.0 Å². The van der Waals surface area contributed by atoms with Gasteiger partial charge in [0.05, 0.1) is 29.9 Å². The molecule has 13 aromatic heterocycles. The number of methoxy groups -OCH3 is 1. The fourth-order valence-electron chi connectivity index (χ4n) is 8.33. The van der Waals surface area contributed by atoms with Gasteiger partial charge < -0.3 is 46.1 Å². The first-order valence-electron chi connectivity index (χ1n) is 28.1. The third kappa shape index (κ3) is 20.4. The third-order valence-corrected chi connectivity index (χ3v) is 13.1. The number of imidazole rings is 1. The number of carbonyl (C=O) groups excluding carboxylic acids is 3. The van der Waals surface area contributed by atoms with Crippen molar-refractivity contribution in [2.75, 3.05) is 7.11 Å². The van der Waals surface area contributed by atoms with Gasteiger partial charge in [-0.2, -0.15) is 15.5 Å². The van der Waals surface area contributed by atoms with E-state index in [4.69, 9.17) is 43.0 Å². The summed E-state index contributed by atoms with van der Waals surface area (Å²) in [5.74, 6) is 0.183. The van der Waals surface area contributed by atoms with Crippen molar-refractivity contribution in [1.29, 1.82) is 26.8 Å². The van der Waals surface area contributed by atoms with Crippen molar-refractivity contribution in [2.45, 2.75) is 0 Å². The highest BCUT2D eigenvalue weighted by atomic mass is 35.5. The van der Waals surface area contributed by atoms with E-state index in [1.165, 1.54) is 36.6 Å². The van der Waals surface area contributed by atoms with Crippen LogP contribution in [0, 0.1) is 39.0 Å². The molecule has 0 aliphatic carbocycles. The molecule has 0 saturated heterocycles. The van der Waals surface area contributed by atoms with Crippen molar-refractivity contribution in [3.8, 4) is 79.0 Å². The number of rotatable bonds is 11. The topological polar surface area (TPSA) is 458 Å². The van der Waals surface area contributed by atoms with Gasteiger partial charge in [-0.3, -0.25) is 60.8 Å². The van der Waals surface area contributed by atoms with Crippen LogP contribution in [0.25, 0.3) is 66.8 Å². The fraction of sp³-hybridized carbons (Fsp3) is 0.0149. The predicted octanol–water partition coefficient (Wildman–Crippen LogP) is 10.5. The zero-order chi connectivity index (χ0) is 67.2. The number of aromatic nitrogens is 14. The lowest BCUT2D eigenvalue weighted by Gasteiger charge is -2.02. The van der Waals surface area contributed by atoms with Crippen LogP contribution < -0.4 is 22.1 Å². The molecule has 0 radical (unpaired) electrons. The summed E-state index contributed by atoms with van der Waals surface area (Å²) in [7, 11) is 1.48. The van der Waals surface area contributed by atoms with Crippen molar-refractivity contribution in [2.24, 2.45) is 16.5 Å². The van der Waals surface area contributed by atoms with Crippen LogP contribution in [-0.2, 0) is 4.74 Å². The average molecular weight is 1300 g/mol. The molecule has 15 N–H and O–H groups in total. The monoisotopic (exact) mass is 1300 g/mol. The molecule has 0 unspecified atom stereocenters. The Morgan fingerprint density at radius 3 is 1.26 bits per heavy atom. The lowest BCUT2D eigenvalue weighted by molar-refractivity contribution is 0.111. The van der Waals surface area contributed by atoms with Gasteiger partial charge in [0.25, 0.3) is 0 Å². The minimum atomic E-state index is -0.743. The van der Waals surface area contributed by atoms with E-state index in [2.05, 4.69) is 75.1 Å². The summed E-state index contributed by atoms with van der Waals surface area (Å²) in [6.45, 7) is 0. The average Bonchev–Trinajstić information content (AvgIpc) is 1.94. The number of carbonyl (C=O) groups is 3. The fourth-order valence-corrected chi connectivity index (χ4v) is 8.33. The third-order valence-electron chi connectivity index (χ3n) is 13.1. The number of H-pyrrole nitrogens is 6. The lowest BCUT2D eigenvalue weighted by atomic mass is 10.1. The molecule has 28 nitrogen and oxygen atoms in total. The Morgan fingerprint density at radius 1 is 0.510 bits per heavy atom. The van der Waals surface area contributed by atoms with E-state index in [9.17, 15) is 14.4 Å². The summed E-state index contributed by atoms with van der Waals surface area (Å²) in [6.07, 6.45) is 38.1. The van der Waals surface area contributed by atoms with E-state index < -0.39 is 12.1 Å². The molecule has 0 fully saturated rings. The van der Waals surface area contributed by atoms with Gasteiger partial charge in [-0.25, -0.2) is 19.9 Å². The van der Waals surface area contributed by atoms with E-state index in [1.54, 1.807) is 99.0 Å². The standard InChI is InChI=1S/C14H12N6O.C12H10N6O.C11H11N3O.C10H10N4.C10H7N3.C10H8N2O.ClH/c15-13(19-14(21)20-6-5-17-9-20)12-7-11(8-18-12)10-1-3-16-4-2-10;13-7-17-12(19)18-11(14)10-5-9(6-16-10)8-1-3-15-4-2-8;1-15-11(12)10-6-9(7-14-10)8-2-4-13-5-3-8;11-10(12)9-5-8(6-14-9)7-1-3-13-4-2-7;11-6-10-5-9(7-13-10)8-1-3-12-4-2-8;13-7-10-5-9(6-12-10)8-1-3-11-4-2-8;/h1-9,18H,(H2,15,19,21);1-6,16H,(H3,14,17,18,19);2-7,12,14H,1H3;1-6,14H,(H3,11,12);1-5,7,13H;1-7,12H;1H. The molecule has 29 heteroatoms. The Kier molecular flexibility index (Phi) is 25.8. The maximum Gasteiger partial charge on any atom is 0.354 e. The number of nitrogens with two attached hydrogens (primary N) is 2. The number of aldehydes is 1. The molecule has 13 aromatic rings. The van der Waals surface area contributed by atoms with Gasteiger partial charge in [0.15, 0.2) is 18.3 Å². The highest BCUT2D eigenvalue weighted by Crippen LogP contribution is 2.24. The number of halogens is 1. The Labute approximate surface area is 553 Å². The molecule has 13 rings (SSSR count). The van der Waals surface area contributed by atoms with Gasteiger partial charge in [-0.15, -0.1) is 12.4 Å². The second-order valence-electron chi connectivity index (χ2n) is 19.3. The molecular weight excluding hydrogens is 1240 g/mol. The number of nitrogen functional groups attached to an aromatic ring is 1. The van der Waals surface area contributed by atoms with Crippen LogP contribution in [0.2, 0.25) is 0 Å². The van der Waals surface area contributed by atoms with Crippen LogP contribution in [-0.4, -0.2) is 118 Å². The van der Waals surface area contributed by atoms with Gasteiger partial charge in [-0.05, 0) is 165 Å². The largest absolute Gasteiger partial charge is 0.480 e. The smallest absolute Gasteiger partial charge is 0.354 e. The minimum absolute atomic E-state index is 0. The molecule has 0 atom stereocenters. The molecule has 478 valence electrons. The van der Waals surface area contributed by atoms with Gasteiger partial charge in [-0.1, -0.05) is 0 Å². The molecule has 3 amide bonds. The van der Waals surface area contributed by atoms with Crippen molar-refractivity contribution < 1.29 is 19.1 Å². The van der Waals surface area contributed by atoms with Gasteiger partial charge >= 0.3 is 12.1 Å². The normalized spacial score (nSPS) is 10.0. The van der Waals surface area contributed by atoms with E-state index in [0.717, 1.165) is 73.0 Å². The first-order chi connectivity index (χ1) is 46.3. The number of hydrogen-bond donors (Lipinski definition) is 13. The number of pyridine rings is 6. The number of nitrogens with one attached hydrogen (secondary N) is 11. The molecule has 0 spiro atoms. The van der Waals surface area contributed by atoms with Crippen molar-refractivity contribution >= 4 is 54.2 Å². The first-order valence-corrected chi connectivity index (χ1v) is 28.1. The quantitative estimate of drug-likeness (QED) is 0.0188. The molecule has 0 aliphatic rings. The molecule has 96 heavy (non-hydrogen) atoms. The predicted molar refractivity (Wildman–Crippen MR) is 364 cm³/mol. The van der Waals surface area contributed by atoms with E-state index in [0.29, 0.717) is 34.2 Å². The summed E-state index contributed by atoms with van der Waals surface area (Å²) >= 11 is 0. The number of urea groups is 1. The summed E-state index contributed by atoms with van der Waals surface area (Å²) in [6, 6.07) is 34.4. The minimum Gasteiger partial charge on any atom is -0.480 e. The number of amidine groups is 3. The van der Waals surface area contributed by atoms with Crippen molar-refractivity contribution in [3.63, 3.8) is 0 Å². The number of hydrogen-bond acceptors (Lipinski definition) is 16. The number of aliphatic imine (C=N–C) groups is 1. The Morgan fingerprint density at radius 2 is 0.885 bits per heavy atom. The molecule has 0 saturated carbocycles. The molecule has 0 aliphatic heterocycles. The summed E-state index contributed by atoms with van der Waals surface area (Å²) in [5, 5.41) is 43.4. The second kappa shape index (κ2) is 35.8. The zero-order valence-corrected chi connectivity index (χ0v) is 51.5. The maximum absolute atomic E-state index is 11.8. The van der Waals surface area contributed by atoms with Crippen molar-refractivity contribution in [1.82, 2.24) is 80.0 Å². The number of nitriles is 2. The molecule has 0 bridgehead atoms. The maximum atomic E-state index is 11.8. The number of ether oxygens (including phenoxy) is 1. The second-order valence-corrected chi connectivity index (χ2v) is 19.3. The Bertz CT molecular complexity index is 4700. The Hall–Kier alpha value is -14.3. The first kappa shape index (κ1) is 69.2. The zero-order valence-electron chi connectivity index (χ0n) is 50.7. The number of aromatic amines is 6. The molecule has 13 heterocycles. The van der Waals surface area contributed by atoms with Crippen molar-refractivity contribution in [3.05, 3.63) is 274 Å². The summed E-state index contributed by atoms with van der Waals surface area (Å²) < 4.78 is 6.07. The highest BCUT2D eigenvalue weighted by molar-refractivity contribution is 6.06. The van der Waals surface area contributed by atoms with Gasteiger partial charge in [0.1, 0.15) is 35.5 Å². The van der Waals surface area contributed by atoms with Gasteiger partial charge in [0, 0.05) is 135 Å². The number of amides is 3. The van der Waals surface area contributed by atoms with Crippen LogP contribution >= 0.6 is 12.4 Å². The summed E-state index contributed by atoms with van der Waals surface area (Å²) in [5.41, 5.74) is 26.8. The highest BCUT2D eigenvalue weighted by Gasteiger charge is 2.12. The van der Waals surface area contributed by atoms with Crippen LogP contribution in [0.4, 0.5) is 9.59 Å². The lowest BCUT2D eigenvalue weighted by Crippen LogP contribution is -2.37. The van der Waals surface area contributed by atoms with Crippen LogP contribution in [0.5, 0.6) is 0 Å². The van der Waals surface area contributed by atoms with E-state index in [-0.39, 0.29) is 35.8 Å². The Balaban J connectivity index is 0.000000164. The molecular formula is C67H59ClN24O4. The number of nitrogens with zero attached hydrogens (tertiary/aromatic N) is 11. The van der Waals surface area contributed by atoms with E-state index in [1.807, 2.05) is 133 Å². The van der Waals surface area contributed by atoms with Crippen LogP contribution in [0.15, 0.2) is 244 Å². The molecule has 0 aromatic carbocycles. The SMILES string of the molecule is COC(=N)c1cc(-c2ccncc2)c[nH]1.Cl.N#CNC(=O)NC(=N)c1cc(-c2ccncc2)c[nH]1.N#Cc1cc(-c2ccncc2)c[nH]1.N=C(N)c1cc(-c2ccncc2)c[nH]1.NC(=NC(=O)n1ccnc1)c1cc(-c2ccncc2)c[nH]1.O=Cc1cc(-c2ccncc2)c[nH]1.